The molecule has 3 nitrogen and oxygen atoms in total. The molecule has 104 valence electrons. The zero-order chi connectivity index (χ0) is 14.0. The molecule has 1 atom stereocenters. The molecule has 0 aliphatic carbocycles. The van der Waals surface area contributed by atoms with Gasteiger partial charge in [-0.3, -0.25) is 4.90 Å². The van der Waals surface area contributed by atoms with Crippen LogP contribution in [0.15, 0.2) is 21.8 Å². The van der Waals surface area contributed by atoms with Crippen LogP contribution in [0, 0.1) is 17.6 Å². The van der Waals surface area contributed by atoms with Crippen LogP contribution < -0.4 is 0 Å². The molecule has 1 saturated heterocycles. The fourth-order valence-corrected chi connectivity index (χ4v) is 2.70. The van der Waals surface area contributed by atoms with Gasteiger partial charge in [0.1, 0.15) is 11.6 Å². The van der Waals surface area contributed by atoms with Crippen molar-refractivity contribution in [3.05, 3.63) is 33.8 Å². The SMILES string of the molecule is CC1CN(Cc2c(F)ccc(Br)c2F)CC/C1=N\O. The van der Waals surface area contributed by atoms with Crippen molar-refractivity contribution in [3.8, 4) is 0 Å². The van der Waals surface area contributed by atoms with E-state index in [0.717, 1.165) is 5.71 Å². The summed E-state index contributed by atoms with van der Waals surface area (Å²) in [6.45, 7) is 3.43. The lowest BCUT2D eigenvalue weighted by atomic mass is 9.97. The summed E-state index contributed by atoms with van der Waals surface area (Å²) in [7, 11) is 0. The lowest BCUT2D eigenvalue weighted by molar-refractivity contribution is 0.223. The topological polar surface area (TPSA) is 35.8 Å². The van der Waals surface area contributed by atoms with Crippen molar-refractivity contribution in [2.75, 3.05) is 13.1 Å². The van der Waals surface area contributed by atoms with Crippen LogP contribution in [-0.4, -0.2) is 28.9 Å². The Balaban J connectivity index is 2.13. The van der Waals surface area contributed by atoms with Crippen LogP contribution in [0.25, 0.3) is 0 Å². The van der Waals surface area contributed by atoms with E-state index in [1.54, 1.807) is 0 Å². The molecular weight excluding hydrogens is 318 g/mol. The van der Waals surface area contributed by atoms with E-state index >= 15 is 0 Å². The maximum atomic E-state index is 13.9. The van der Waals surface area contributed by atoms with Gasteiger partial charge in [0.05, 0.1) is 10.2 Å². The highest BCUT2D eigenvalue weighted by Crippen LogP contribution is 2.24. The third-order valence-corrected chi connectivity index (χ3v) is 4.05. The van der Waals surface area contributed by atoms with E-state index in [4.69, 9.17) is 5.21 Å². The molecule has 1 aromatic carbocycles. The molecule has 1 N–H and O–H groups in total. The Labute approximate surface area is 119 Å². The van der Waals surface area contributed by atoms with Crippen molar-refractivity contribution < 1.29 is 14.0 Å². The lowest BCUT2D eigenvalue weighted by Gasteiger charge is -2.31. The molecule has 1 aromatic rings. The van der Waals surface area contributed by atoms with E-state index < -0.39 is 11.6 Å². The van der Waals surface area contributed by atoms with E-state index in [1.165, 1.54) is 12.1 Å². The monoisotopic (exact) mass is 332 g/mol. The minimum Gasteiger partial charge on any atom is -0.411 e. The van der Waals surface area contributed by atoms with E-state index in [9.17, 15) is 8.78 Å². The molecule has 0 bridgehead atoms. The van der Waals surface area contributed by atoms with E-state index in [1.807, 2.05) is 11.8 Å². The number of hydrogen-bond acceptors (Lipinski definition) is 3. The van der Waals surface area contributed by atoms with Gasteiger partial charge < -0.3 is 5.21 Å². The van der Waals surface area contributed by atoms with Gasteiger partial charge in [-0.1, -0.05) is 12.1 Å². The largest absolute Gasteiger partial charge is 0.411 e. The second-order valence-electron chi connectivity index (χ2n) is 4.80. The van der Waals surface area contributed by atoms with Crippen molar-refractivity contribution in [3.63, 3.8) is 0 Å². The highest BCUT2D eigenvalue weighted by molar-refractivity contribution is 9.10. The highest BCUT2D eigenvalue weighted by atomic mass is 79.9. The summed E-state index contributed by atoms with van der Waals surface area (Å²) in [6, 6.07) is 2.63. The van der Waals surface area contributed by atoms with E-state index in [-0.39, 0.29) is 22.5 Å². The lowest BCUT2D eigenvalue weighted by Crippen LogP contribution is -2.39. The first kappa shape index (κ1) is 14.4. The average Bonchev–Trinajstić information content (AvgIpc) is 2.39. The first-order chi connectivity index (χ1) is 9.02. The Morgan fingerprint density at radius 1 is 1.47 bits per heavy atom. The summed E-state index contributed by atoms with van der Waals surface area (Å²) in [5, 5.41) is 12.1. The van der Waals surface area contributed by atoms with Crippen molar-refractivity contribution in [1.29, 1.82) is 0 Å². The number of oxime groups is 1. The Bertz CT molecular complexity index is 508. The molecule has 1 unspecified atom stereocenters. The van der Waals surface area contributed by atoms with Gasteiger partial charge in [0.25, 0.3) is 0 Å². The minimum absolute atomic E-state index is 0.0750. The third kappa shape index (κ3) is 3.12. The van der Waals surface area contributed by atoms with Gasteiger partial charge in [0.15, 0.2) is 0 Å². The van der Waals surface area contributed by atoms with Crippen LogP contribution in [0.1, 0.15) is 18.9 Å². The number of likely N-dealkylation sites (tertiary alicyclic amines) is 1. The van der Waals surface area contributed by atoms with Gasteiger partial charge in [-0.15, -0.1) is 0 Å². The van der Waals surface area contributed by atoms with Crippen molar-refractivity contribution in [2.24, 2.45) is 11.1 Å². The number of nitrogens with zero attached hydrogens (tertiary/aromatic N) is 2. The van der Waals surface area contributed by atoms with E-state index in [2.05, 4.69) is 21.1 Å². The van der Waals surface area contributed by atoms with Gasteiger partial charge in [-0.25, -0.2) is 8.78 Å². The van der Waals surface area contributed by atoms with Crippen LogP contribution in [0.2, 0.25) is 0 Å². The first-order valence-electron chi connectivity index (χ1n) is 6.08. The third-order valence-electron chi connectivity index (χ3n) is 3.43. The Hall–Kier alpha value is -1.01. The Kier molecular flexibility index (Phi) is 4.52. The number of halogens is 3. The second kappa shape index (κ2) is 5.96. The number of benzene rings is 1. The van der Waals surface area contributed by atoms with Gasteiger partial charge in [-0.2, -0.15) is 0 Å². The molecule has 1 heterocycles. The van der Waals surface area contributed by atoms with Gasteiger partial charge >= 0.3 is 0 Å². The predicted octanol–water partition coefficient (Wildman–Crippen LogP) is 3.40. The zero-order valence-electron chi connectivity index (χ0n) is 10.5. The normalized spacial score (nSPS) is 22.9. The summed E-state index contributed by atoms with van der Waals surface area (Å²) < 4.78 is 27.8. The molecule has 1 aliphatic rings. The summed E-state index contributed by atoms with van der Waals surface area (Å²) in [6.07, 6.45) is 0.620. The Morgan fingerprint density at radius 3 is 2.84 bits per heavy atom. The molecule has 1 aliphatic heterocycles. The van der Waals surface area contributed by atoms with Crippen molar-refractivity contribution in [1.82, 2.24) is 4.90 Å². The fourth-order valence-electron chi connectivity index (χ4n) is 2.33. The standard InChI is InChI=1S/C13H15BrF2N2O/c1-8-6-18(5-4-12(8)17-19)7-9-11(15)3-2-10(14)13(9)16/h2-3,8,19H,4-7H2,1H3/b17-12+. The quantitative estimate of drug-likeness (QED) is 0.512. The number of hydrogen-bond donors (Lipinski definition) is 1. The molecule has 0 saturated carbocycles. The maximum absolute atomic E-state index is 13.9. The maximum Gasteiger partial charge on any atom is 0.144 e. The molecule has 2 rings (SSSR count). The average molecular weight is 333 g/mol. The molecule has 6 heteroatoms. The van der Waals surface area contributed by atoms with Crippen LogP contribution >= 0.6 is 15.9 Å². The Morgan fingerprint density at radius 2 is 2.21 bits per heavy atom. The molecule has 0 spiro atoms. The highest BCUT2D eigenvalue weighted by Gasteiger charge is 2.24. The smallest absolute Gasteiger partial charge is 0.144 e. The van der Waals surface area contributed by atoms with Gasteiger partial charge in [0, 0.05) is 37.5 Å². The summed E-state index contributed by atoms with van der Waals surface area (Å²) >= 11 is 3.07. The van der Waals surface area contributed by atoms with E-state index in [0.29, 0.717) is 19.5 Å². The van der Waals surface area contributed by atoms with Crippen LogP contribution in [0.4, 0.5) is 8.78 Å². The molecular formula is C13H15BrF2N2O. The van der Waals surface area contributed by atoms with Gasteiger partial charge in [-0.05, 0) is 28.1 Å². The first-order valence-corrected chi connectivity index (χ1v) is 6.87. The molecule has 0 amide bonds. The number of rotatable bonds is 2. The predicted molar refractivity (Wildman–Crippen MR) is 72.3 cm³/mol. The second-order valence-corrected chi connectivity index (χ2v) is 5.65. The number of piperidine rings is 1. The fraction of sp³-hybridized carbons (Fsp3) is 0.462. The summed E-state index contributed by atoms with van der Waals surface area (Å²) in [5.74, 6) is -0.985. The van der Waals surface area contributed by atoms with Crippen molar-refractivity contribution >= 4 is 21.6 Å². The van der Waals surface area contributed by atoms with Crippen LogP contribution in [-0.2, 0) is 6.54 Å². The van der Waals surface area contributed by atoms with Gasteiger partial charge in [0.2, 0.25) is 0 Å². The van der Waals surface area contributed by atoms with Crippen LogP contribution in [0.5, 0.6) is 0 Å². The molecule has 19 heavy (non-hydrogen) atoms. The molecule has 1 fully saturated rings. The minimum atomic E-state index is -0.547. The summed E-state index contributed by atoms with van der Waals surface area (Å²) in [4.78, 5) is 1.97. The zero-order valence-corrected chi connectivity index (χ0v) is 12.1. The summed E-state index contributed by atoms with van der Waals surface area (Å²) in [5.41, 5.74) is 0.817. The van der Waals surface area contributed by atoms with Crippen molar-refractivity contribution in [2.45, 2.75) is 19.9 Å². The molecule has 0 aromatic heterocycles. The van der Waals surface area contributed by atoms with Crippen LogP contribution in [0.3, 0.4) is 0 Å². The molecule has 0 radical (unpaired) electrons.